The molecule has 0 N–H and O–H groups in total. The van der Waals surface area contributed by atoms with Gasteiger partial charge >= 0.3 is 0 Å². The Balaban J connectivity index is 3.31. The number of unbranched alkanes of at least 4 members (excludes halogenated alkanes) is 2. The summed E-state index contributed by atoms with van der Waals surface area (Å²) in [7, 11) is 0. The van der Waals surface area contributed by atoms with Crippen molar-refractivity contribution in [3.8, 4) is 0 Å². The summed E-state index contributed by atoms with van der Waals surface area (Å²) >= 11 is 0. The molecule has 0 aliphatic carbocycles. The predicted octanol–water partition coefficient (Wildman–Crippen LogP) is 4.81. The molecule has 0 unspecified atom stereocenters. The van der Waals surface area contributed by atoms with Gasteiger partial charge in [-0.1, -0.05) is 59.6 Å². The maximum absolute atomic E-state index is 2.33. The van der Waals surface area contributed by atoms with Crippen molar-refractivity contribution in [3.63, 3.8) is 0 Å². The molecular weight excluding hydrogens is 156 g/mol. The molecule has 0 aliphatic heterocycles. The van der Waals surface area contributed by atoms with Gasteiger partial charge in [0.2, 0.25) is 0 Å². The van der Waals surface area contributed by atoms with Gasteiger partial charge in [0.1, 0.15) is 0 Å². The summed E-state index contributed by atoms with van der Waals surface area (Å²) in [6.07, 6.45) is 10.0. The first-order valence-electron chi connectivity index (χ1n) is 5.59. The highest BCUT2D eigenvalue weighted by Crippen LogP contribution is 2.16. The van der Waals surface area contributed by atoms with Crippen molar-refractivity contribution < 1.29 is 0 Å². The molecule has 0 heterocycles. The van der Waals surface area contributed by atoms with Crippen LogP contribution in [0.2, 0.25) is 0 Å². The zero-order valence-electron chi connectivity index (χ0n) is 10.1. The van der Waals surface area contributed by atoms with E-state index < -0.39 is 0 Å². The largest absolute Gasteiger partial charge is 0.0880 e. The van der Waals surface area contributed by atoms with Crippen LogP contribution in [0, 0.1) is 11.3 Å². The van der Waals surface area contributed by atoms with Crippen molar-refractivity contribution in [2.24, 2.45) is 11.3 Å². The van der Waals surface area contributed by atoms with E-state index in [1.807, 2.05) is 0 Å². The Morgan fingerprint density at radius 2 is 1.69 bits per heavy atom. The first kappa shape index (κ1) is 12.7. The summed E-state index contributed by atoms with van der Waals surface area (Å²) in [5.41, 5.74) is 0.359. The molecule has 0 spiro atoms. The molecule has 0 nitrogen and oxygen atoms in total. The normalized spacial score (nSPS) is 13.1. The summed E-state index contributed by atoms with van der Waals surface area (Å²) < 4.78 is 0. The Bertz CT molecular complexity index is 135. The van der Waals surface area contributed by atoms with Crippen molar-refractivity contribution in [3.05, 3.63) is 12.2 Å². The highest BCUT2D eigenvalue weighted by molar-refractivity contribution is 4.91. The monoisotopic (exact) mass is 182 g/mol. The van der Waals surface area contributed by atoms with E-state index in [-0.39, 0.29) is 0 Å². The van der Waals surface area contributed by atoms with Crippen LogP contribution in [-0.4, -0.2) is 0 Å². The quantitative estimate of drug-likeness (QED) is 0.423. The van der Waals surface area contributed by atoms with Gasteiger partial charge in [0.25, 0.3) is 0 Å². The number of allylic oxidation sites excluding steroid dienone is 2. The maximum atomic E-state index is 2.33. The van der Waals surface area contributed by atoms with Crippen LogP contribution in [0.15, 0.2) is 12.2 Å². The van der Waals surface area contributed by atoms with Gasteiger partial charge in [0.15, 0.2) is 0 Å². The van der Waals surface area contributed by atoms with Gasteiger partial charge in [-0.15, -0.1) is 0 Å². The molecule has 0 aromatic rings. The van der Waals surface area contributed by atoms with Crippen LogP contribution in [0.4, 0.5) is 0 Å². The highest BCUT2D eigenvalue weighted by atomic mass is 14.1. The third kappa shape index (κ3) is 11.7. The van der Waals surface area contributed by atoms with Crippen LogP contribution in [0.3, 0.4) is 0 Å². The average molecular weight is 182 g/mol. The van der Waals surface area contributed by atoms with E-state index in [0.717, 1.165) is 5.92 Å². The van der Waals surface area contributed by atoms with Crippen LogP contribution in [0.5, 0.6) is 0 Å². The summed E-state index contributed by atoms with van der Waals surface area (Å²) in [5, 5.41) is 0. The molecule has 0 bridgehead atoms. The van der Waals surface area contributed by atoms with Crippen LogP contribution >= 0.6 is 0 Å². The third-order valence-electron chi connectivity index (χ3n) is 2.02. The lowest BCUT2D eigenvalue weighted by molar-refractivity contribution is 0.530. The molecule has 0 heteroatoms. The lowest BCUT2D eigenvalue weighted by Crippen LogP contribution is -1.98. The Kier molecular flexibility index (Phi) is 6.11. The highest BCUT2D eigenvalue weighted by Gasteiger charge is 2.02. The van der Waals surface area contributed by atoms with Crippen LogP contribution in [-0.2, 0) is 0 Å². The Morgan fingerprint density at radius 3 is 2.15 bits per heavy atom. The van der Waals surface area contributed by atoms with Gasteiger partial charge in [0, 0.05) is 0 Å². The van der Waals surface area contributed by atoms with Gasteiger partial charge in [-0.05, 0) is 24.2 Å². The van der Waals surface area contributed by atoms with Crippen LogP contribution in [0.1, 0.15) is 60.3 Å². The van der Waals surface area contributed by atoms with E-state index in [0.29, 0.717) is 5.41 Å². The minimum atomic E-state index is 0.359. The first-order valence-corrected chi connectivity index (χ1v) is 5.59. The average Bonchev–Trinajstić information content (AvgIpc) is 1.93. The van der Waals surface area contributed by atoms with Gasteiger partial charge in [0.05, 0.1) is 0 Å². The van der Waals surface area contributed by atoms with Crippen molar-refractivity contribution in [1.82, 2.24) is 0 Å². The van der Waals surface area contributed by atoms with E-state index in [2.05, 4.69) is 46.8 Å². The molecular formula is C13H26. The molecule has 78 valence electrons. The summed E-state index contributed by atoms with van der Waals surface area (Å²) in [4.78, 5) is 0. The van der Waals surface area contributed by atoms with Gasteiger partial charge < -0.3 is 0 Å². The van der Waals surface area contributed by atoms with Crippen molar-refractivity contribution in [1.29, 1.82) is 0 Å². The smallest absolute Gasteiger partial charge is 0.0203 e. The number of rotatable bonds is 5. The maximum Gasteiger partial charge on any atom is -0.0203 e. The lowest BCUT2D eigenvalue weighted by atomic mass is 9.95. The molecule has 0 aromatic heterocycles. The zero-order chi connectivity index (χ0) is 10.3. The minimum Gasteiger partial charge on any atom is -0.0880 e. The summed E-state index contributed by atoms with van der Waals surface area (Å²) in [6, 6.07) is 0. The number of hydrogen-bond donors (Lipinski definition) is 0. The molecule has 0 fully saturated rings. The second-order valence-corrected chi connectivity index (χ2v) is 5.45. The molecule has 0 saturated heterocycles. The van der Waals surface area contributed by atoms with Gasteiger partial charge in [-0.3, -0.25) is 0 Å². The SMILES string of the molecule is CC(C)CCCC/C=C\C(C)(C)C. The minimum absolute atomic E-state index is 0.359. The van der Waals surface area contributed by atoms with Crippen molar-refractivity contribution in [2.45, 2.75) is 60.3 Å². The second kappa shape index (κ2) is 6.23. The molecule has 0 aliphatic rings. The van der Waals surface area contributed by atoms with E-state index in [4.69, 9.17) is 0 Å². The summed E-state index contributed by atoms with van der Waals surface area (Å²) in [5.74, 6) is 0.867. The Labute approximate surface area is 84.4 Å². The van der Waals surface area contributed by atoms with E-state index in [1.54, 1.807) is 0 Å². The third-order valence-corrected chi connectivity index (χ3v) is 2.02. The second-order valence-electron chi connectivity index (χ2n) is 5.45. The summed E-state index contributed by atoms with van der Waals surface area (Å²) in [6.45, 7) is 11.3. The molecule has 0 radical (unpaired) electrons. The van der Waals surface area contributed by atoms with Crippen LogP contribution in [0.25, 0.3) is 0 Å². The van der Waals surface area contributed by atoms with Crippen molar-refractivity contribution in [2.75, 3.05) is 0 Å². The zero-order valence-corrected chi connectivity index (χ0v) is 10.1. The Morgan fingerprint density at radius 1 is 1.08 bits per heavy atom. The van der Waals surface area contributed by atoms with E-state index in [9.17, 15) is 0 Å². The van der Waals surface area contributed by atoms with Gasteiger partial charge in [-0.2, -0.15) is 0 Å². The fourth-order valence-electron chi connectivity index (χ4n) is 1.25. The number of hydrogen-bond acceptors (Lipinski definition) is 0. The molecule has 0 atom stereocenters. The Hall–Kier alpha value is -0.260. The standard InChI is InChI=1S/C13H26/c1-12(2)10-8-6-7-9-11-13(3,4)5/h9,11-12H,6-8,10H2,1-5H3/b11-9-. The van der Waals surface area contributed by atoms with E-state index in [1.165, 1.54) is 25.7 Å². The molecule has 0 saturated carbocycles. The topological polar surface area (TPSA) is 0 Å². The first-order chi connectivity index (χ1) is 5.92. The molecule has 0 amide bonds. The van der Waals surface area contributed by atoms with Crippen molar-refractivity contribution >= 4 is 0 Å². The molecule has 0 rings (SSSR count). The molecule has 13 heavy (non-hydrogen) atoms. The fraction of sp³-hybridized carbons (Fsp3) is 0.846. The lowest BCUT2D eigenvalue weighted by Gasteiger charge is -2.10. The van der Waals surface area contributed by atoms with E-state index >= 15 is 0 Å². The van der Waals surface area contributed by atoms with Gasteiger partial charge in [-0.25, -0.2) is 0 Å². The predicted molar refractivity (Wildman–Crippen MR) is 61.9 cm³/mol. The van der Waals surface area contributed by atoms with Crippen LogP contribution < -0.4 is 0 Å². The molecule has 0 aromatic carbocycles. The fourth-order valence-corrected chi connectivity index (χ4v) is 1.25.